The molecule has 0 amide bonds. The first-order chi connectivity index (χ1) is 11.3. The van der Waals surface area contributed by atoms with Gasteiger partial charge in [-0.25, -0.2) is 4.79 Å². The Labute approximate surface area is 148 Å². The van der Waals surface area contributed by atoms with E-state index in [1.165, 1.54) is 10.5 Å². The number of piperidine rings is 1. The molecule has 1 aromatic carbocycles. The quantitative estimate of drug-likeness (QED) is 0.597. The highest BCUT2D eigenvalue weighted by Crippen LogP contribution is 2.39. The molecule has 0 aliphatic carbocycles. The third kappa shape index (κ3) is 4.39. The maximum absolute atomic E-state index is 12.1. The van der Waals surface area contributed by atoms with Crippen LogP contribution >= 0.6 is 11.8 Å². The van der Waals surface area contributed by atoms with Crippen LogP contribution in [-0.4, -0.2) is 36.7 Å². The Morgan fingerprint density at radius 2 is 2.00 bits per heavy atom. The van der Waals surface area contributed by atoms with Crippen molar-refractivity contribution in [2.75, 3.05) is 19.3 Å². The van der Waals surface area contributed by atoms with E-state index in [4.69, 9.17) is 4.84 Å². The number of hydrogen-bond acceptors (Lipinski definition) is 5. The summed E-state index contributed by atoms with van der Waals surface area (Å²) in [5.74, 6) is -0.213. The Morgan fingerprint density at radius 3 is 2.54 bits per heavy atom. The number of aldehydes is 1. The van der Waals surface area contributed by atoms with Crippen LogP contribution < -0.4 is 0 Å². The third-order valence-electron chi connectivity index (χ3n) is 4.66. The van der Waals surface area contributed by atoms with E-state index in [9.17, 15) is 9.59 Å². The number of thioether (sulfide) groups is 1. The van der Waals surface area contributed by atoms with E-state index in [1.54, 1.807) is 16.8 Å². The van der Waals surface area contributed by atoms with Crippen molar-refractivity contribution >= 4 is 24.0 Å². The molecule has 1 aliphatic rings. The van der Waals surface area contributed by atoms with E-state index in [1.807, 2.05) is 20.8 Å². The van der Waals surface area contributed by atoms with E-state index in [-0.39, 0.29) is 11.4 Å². The van der Waals surface area contributed by atoms with Gasteiger partial charge in [-0.1, -0.05) is 12.1 Å². The average molecular weight is 349 g/mol. The molecule has 0 N–H and O–H groups in total. The van der Waals surface area contributed by atoms with E-state index in [2.05, 4.69) is 30.5 Å². The molecule has 0 saturated carbocycles. The summed E-state index contributed by atoms with van der Waals surface area (Å²) in [6, 6.07) is 8.44. The molecule has 1 aromatic rings. The van der Waals surface area contributed by atoms with Gasteiger partial charge in [0, 0.05) is 29.8 Å². The monoisotopic (exact) mass is 349 g/mol. The summed E-state index contributed by atoms with van der Waals surface area (Å²) in [6.07, 6.45) is 5.19. The van der Waals surface area contributed by atoms with Crippen molar-refractivity contribution in [2.24, 2.45) is 5.41 Å². The van der Waals surface area contributed by atoms with Gasteiger partial charge < -0.3 is 9.63 Å². The molecular weight excluding hydrogens is 322 g/mol. The number of carbonyl (C=O) groups is 2. The van der Waals surface area contributed by atoms with Gasteiger partial charge in [0.1, 0.15) is 6.29 Å². The van der Waals surface area contributed by atoms with Crippen LogP contribution in [0.25, 0.3) is 0 Å². The first-order valence-corrected chi connectivity index (χ1v) is 9.59. The van der Waals surface area contributed by atoms with Gasteiger partial charge >= 0.3 is 5.97 Å². The van der Waals surface area contributed by atoms with Crippen LogP contribution in [-0.2, 0) is 19.8 Å². The zero-order valence-electron chi connectivity index (χ0n) is 15.0. The molecule has 0 bridgehead atoms. The van der Waals surface area contributed by atoms with Gasteiger partial charge in [-0.05, 0) is 57.6 Å². The van der Waals surface area contributed by atoms with Crippen molar-refractivity contribution in [3.63, 3.8) is 0 Å². The number of carbonyl (C=O) groups excluding carboxylic acids is 2. The molecule has 0 spiro atoms. The van der Waals surface area contributed by atoms with Crippen molar-refractivity contribution in [2.45, 2.75) is 50.3 Å². The zero-order chi connectivity index (χ0) is 17.8. The molecule has 1 saturated heterocycles. The van der Waals surface area contributed by atoms with Gasteiger partial charge in [0.15, 0.2) is 0 Å². The molecule has 4 nitrogen and oxygen atoms in total. The first kappa shape index (κ1) is 19.0. The molecular formula is C19H27NO3S. The summed E-state index contributed by atoms with van der Waals surface area (Å²) in [5, 5.41) is 1.75. The SMILES string of the molecule is CSc1cccc(C2(CC=O)CCN(OC(=O)C(C)(C)C)CC2)c1. The van der Waals surface area contributed by atoms with Crippen LogP contribution in [0, 0.1) is 5.41 Å². The fourth-order valence-corrected chi connectivity index (χ4v) is 3.44. The van der Waals surface area contributed by atoms with Crippen LogP contribution in [0.15, 0.2) is 29.2 Å². The topological polar surface area (TPSA) is 46.6 Å². The average Bonchev–Trinajstić information content (AvgIpc) is 2.56. The van der Waals surface area contributed by atoms with Gasteiger partial charge in [0.05, 0.1) is 5.41 Å². The van der Waals surface area contributed by atoms with Crippen LogP contribution in [0.1, 0.15) is 45.6 Å². The smallest absolute Gasteiger partial charge is 0.330 e. The lowest BCUT2D eigenvalue weighted by atomic mass is 9.71. The summed E-state index contributed by atoms with van der Waals surface area (Å²) in [5.41, 5.74) is 0.547. The normalized spacial score (nSPS) is 18.2. The van der Waals surface area contributed by atoms with E-state index < -0.39 is 5.41 Å². The lowest BCUT2D eigenvalue weighted by molar-refractivity contribution is -0.207. The number of hydrogen-bond donors (Lipinski definition) is 0. The standard InChI is InChI=1S/C19H27NO3S/c1-18(2,3)17(22)23-20-11-8-19(9-12-20,10-13-21)15-6-5-7-16(14-15)24-4/h5-7,13-14H,8-12H2,1-4H3. The Bertz CT molecular complexity index is 587. The number of hydroxylamine groups is 2. The molecule has 0 unspecified atom stereocenters. The summed E-state index contributed by atoms with van der Waals surface area (Å²) >= 11 is 1.71. The summed E-state index contributed by atoms with van der Waals surface area (Å²) < 4.78 is 0. The molecule has 0 radical (unpaired) electrons. The minimum atomic E-state index is -0.510. The molecule has 1 aliphatic heterocycles. The van der Waals surface area contributed by atoms with Crippen molar-refractivity contribution in [3.8, 4) is 0 Å². The van der Waals surface area contributed by atoms with Gasteiger partial charge in [-0.15, -0.1) is 16.8 Å². The second kappa shape index (κ2) is 7.70. The molecule has 5 heteroatoms. The second-order valence-electron chi connectivity index (χ2n) is 7.44. The maximum atomic E-state index is 12.1. The minimum Gasteiger partial charge on any atom is -0.367 e. The highest BCUT2D eigenvalue weighted by atomic mass is 32.2. The van der Waals surface area contributed by atoms with Gasteiger partial charge in [0.25, 0.3) is 0 Å². The summed E-state index contributed by atoms with van der Waals surface area (Å²) in [4.78, 5) is 30.1. The minimum absolute atomic E-state index is 0.155. The van der Waals surface area contributed by atoms with Crippen LogP contribution in [0.2, 0.25) is 0 Å². The number of nitrogens with zero attached hydrogens (tertiary/aromatic N) is 1. The predicted octanol–water partition coefficient (Wildman–Crippen LogP) is 3.84. The highest BCUT2D eigenvalue weighted by Gasteiger charge is 2.38. The predicted molar refractivity (Wildman–Crippen MR) is 96.9 cm³/mol. The maximum Gasteiger partial charge on any atom is 0.330 e. The second-order valence-corrected chi connectivity index (χ2v) is 8.32. The van der Waals surface area contributed by atoms with Gasteiger partial charge in [0.2, 0.25) is 0 Å². The molecule has 1 fully saturated rings. The van der Waals surface area contributed by atoms with Gasteiger partial charge in [-0.2, -0.15) is 0 Å². The van der Waals surface area contributed by atoms with Crippen LogP contribution in [0.5, 0.6) is 0 Å². The van der Waals surface area contributed by atoms with Crippen LogP contribution in [0.3, 0.4) is 0 Å². The largest absolute Gasteiger partial charge is 0.367 e. The Kier molecular flexibility index (Phi) is 6.10. The Balaban J connectivity index is 2.11. The fourth-order valence-electron chi connectivity index (χ4n) is 2.98. The van der Waals surface area contributed by atoms with Gasteiger partial charge in [-0.3, -0.25) is 0 Å². The number of benzene rings is 1. The molecule has 1 heterocycles. The first-order valence-electron chi connectivity index (χ1n) is 8.36. The summed E-state index contributed by atoms with van der Waals surface area (Å²) in [6.45, 7) is 6.86. The molecule has 132 valence electrons. The molecule has 2 rings (SSSR count). The Hall–Kier alpha value is -1.33. The molecule has 0 aromatic heterocycles. The lowest BCUT2D eigenvalue weighted by Gasteiger charge is -2.41. The van der Waals surface area contributed by atoms with Crippen molar-refractivity contribution < 1.29 is 14.4 Å². The zero-order valence-corrected chi connectivity index (χ0v) is 15.8. The van der Waals surface area contributed by atoms with Crippen molar-refractivity contribution in [3.05, 3.63) is 29.8 Å². The summed E-state index contributed by atoms with van der Waals surface area (Å²) in [7, 11) is 0. The van der Waals surface area contributed by atoms with Crippen molar-refractivity contribution in [1.29, 1.82) is 0 Å². The third-order valence-corrected chi connectivity index (χ3v) is 5.39. The Morgan fingerprint density at radius 1 is 1.33 bits per heavy atom. The van der Waals surface area contributed by atoms with E-state index in [0.29, 0.717) is 19.5 Å². The lowest BCUT2D eigenvalue weighted by Crippen LogP contribution is -2.45. The van der Waals surface area contributed by atoms with E-state index >= 15 is 0 Å². The van der Waals surface area contributed by atoms with Crippen LogP contribution in [0.4, 0.5) is 0 Å². The number of rotatable bonds is 5. The fraction of sp³-hybridized carbons (Fsp3) is 0.579. The highest BCUT2D eigenvalue weighted by molar-refractivity contribution is 7.98. The van der Waals surface area contributed by atoms with E-state index in [0.717, 1.165) is 19.1 Å². The van der Waals surface area contributed by atoms with Crippen molar-refractivity contribution in [1.82, 2.24) is 5.06 Å². The molecule has 24 heavy (non-hydrogen) atoms. The molecule has 0 atom stereocenters.